The molecular weight excluding hydrogens is 296 g/mol. The van der Waals surface area contributed by atoms with E-state index in [9.17, 15) is 4.79 Å². The molecule has 2 aromatic rings. The molecule has 2 heterocycles. The van der Waals surface area contributed by atoms with Crippen LogP contribution in [0.4, 0.5) is 5.82 Å². The minimum atomic E-state index is -0.272. The zero-order valence-electron chi connectivity index (χ0n) is 13.0. The van der Waals surface area contributed by atoms with E-state index in [1.807, 2.05) is 32.0 Å². The molecule has 23 heavy (non-hydrogen) atoms. The Kier molecular flexibility index (Phi) is 4.27. The van der Waals surface area contributed by atoms with E-state index in [0.717, 1.165) is 11.3 Å². The average Bonchev–Trinajstić information content (AvgIpc) is 3.00. The van der Waals surface area contributed by atoms with Crippen LogP contribution in [0.2, 0.25) is 0 Å². The fourth-order valence-electron chi connectivity index (χ4n) is 2.14. The van der Waals surface area contributed by atoms with Gasteiger partial charge in [0.2, 0.25) is 6.79 Å². The first-order valence-corrected chi connectivity index (χ1v) is 7.37. The smallest absolute Gasteiger partial charge is 0.271 e. The van der Waals surface area contributed by atoms with Crippen LogP contribution in [0.25, 0.3) is 0 Å². The first kappa shape index (κ1) is 15.1. The van der Waals surface area contributed by atoms with E-state index >= 15 is 0 Å². The molecule has 1 aliphatic heterocycles. The number of amides is 1. The van der Waals surface area contributed by atoms with Crippen LogP contribution in [-0.2, 0) is 6.54 Å². The molecule has 0 radical (unpaired) electrons. The lowest BCUT2D eigenvalue weighted by Gasteiger charge is -2.09. The minimum absolute atomic E-state index is 0.234. The molecule has 0 fully saturated rings. The van der Waals surface area contributed by atoms with E-state index in [-0.39, 0.29) is 24.4 Å². The maximum absolute atomic E-state index is 12.1. The summed E-state index contributed by atoms with van der Waals surface area (Å²) in [5.41, 5.74) is 1.20. The molecule has 0 spiro atoms. The lowest BCUT2D eigenvalue weighted by molar-refractivity contribution is 0.0945. The van der Waals surface area contributed by atoms with Gasteiger partial charge in [-0.1, -0.05) is 6.07 Å². The quantitative estimate of drug-likeness (QED) is 0.877. The molecule has 0 unspecified atom stereocenters. The number of rotatable bonds is 5. The van der Waals surface area contributed by atoms with Gasteiger partial charge in [-0.25, -0.2) is 9.97 Å². The van der Waals surface area contributed by atoms with Gasteiger partial charge >= 0.3 is 0 Å². The summed E-state index contributed by atoms with van der Waals surface area (Å²) in [4.78, 5) is 20.4. The second kappa shape index (κ2) is 6.51. The maximum Gasteiger partial charge on any atom is 0.271 e. The zero-order chi connectivity index (χ0) is 16.2. The number of carbonyl (C=O) groups excluding carboxylic acids is 1. The summed E-state index contributed by atoms with van der Waals surface area (Å²) in [5.74, 6) is 1.79. The van der Waals surface area contributed by atoms with Gasteiger partial charge < -0.3 is 20.1 Å². The molecule has 1 amide bonds. The van der Waals surface area contributed by atoms with Crippen LogP contribution in [0, 0.1) is 0 Å². The molecule has 120 valence electrons. The summed E-state index contributed by atoms with van der Waals surface area (Å²) in [6.45, 7) is 4.63. The maximum atomic E-state index is 12.1. The number of carbonyl (C=O) groups is 1. The lowest BCUT2D eigenvalue weighted by atomic mass is 10.2. The van der Waals surface area contributed by atoms with Crippen molar-refractivity contribution in [2.45, 2.75) is 26.4 Å². The molecule has 1 aliphatic rings. The number of ether oxygens (including phenoxy) is 2. The van der Waals surface area contributed by atoms with Gasteiger partial charge in [0.1, 0.15) is 11.5 Å². The predicted molar refractivity (Wildman–Crippen MR) is 84.5 cm³/mol. The highest BCUT2D eigenvalue weighted by atomic mass is 16.7. The molecule has 1 aromatic heterocycles. The monoisotopic (exact) mass is 314 g/mol. The Hall–Kier alpha value is -2.83. The van der Waals surface area contributed by atoms with E-state index in [4.69, 9.17) is 9.47 Å². The average molecular weight is 314 g/mol. The highest BCUT2D eigenvalue weighted by Crippen LogP contribution is 2.32. The van der Waals surface area contributed by atoms with Gasteiger partial charge in [0.25, 0.3) is 5.91 Å². The molecule has 7 nitrogen and oxygen atoms in total. The molecule has 0 aliphatic carbocycles. The molecule has 3 rings (SSSR count). The van der Waals surface area contributed by atoms with Crippen LogP contribution < -0.4 is 20.1 Å². The van der Waals surface area contributed by atoms with Crippen molar-refractivity contribution in [1.82, 2.24) is 15.3 Å². The van der Waals surface area contributed by atoms with E-state index in [2.05, 4.69) is 20.6 Å². The Balaban J connectivity index is 1.58. The molecular formula is C16H18N4O3. The SMILES string of the molecule is CC(C)Nc1cnc(C(=O)NCc2ccc3c(c2)OCO3)cn1. The van der Waals surface area contributed by atoms with Crippen molar-refractivity contribution in [2.24, 2.45) is 0 Å². The first-order valence-electron chi connectivity index (χ1n) is 7.37. The summed E-state index contributed by atoms with van der Waals surface area (Å²) in [7, 11) is 0. The predicted octanol–water partition coefficient (Wildman–Crippen LogP) is 1.96. The zero-order valence-corrected chi connectivity index (χ0v) is 13.0. The number of nitrogens with one attached hydrogen (secondary N) is 2. The third-order valence-electron chi connectivity index (χ3n) is 3.21. The lowest BCUT2D eigenvalue weighted by Crippen LogP contribution is -2.24. The van der Waals surface area contributed by atoms with E-state index in [0.29, 0.717) is 18.1 Å². The van der Waals surface area contributed by atoms with Crippen molar-refractivity contribution in [3.8, 4) is 11.5 Å². The van der Waals surface area contributed by atoms with Gasteiger partial charge in [-0.05, 0) is 31.5 Å². The second-order valence-corrected chi connectivity index (χ2v) is 5.46. The van der Waals surface area contributed by atoms with Gasteiger partial charge in [-0.2, -0.15) is 0 Å². The highest BCUT2D eigenvalue weighted by Gasteiger charge is 2.14. The normalized spacial score (nSPS) is 12.3. The van der Waals surface area contributed by atoms with Crippen LogP contribution in [0.15, 0.2) is 30.6 Å². The van der Waals surface area contributed by atoms with Gasteiger partial charge in [0, 0.05) is 12.6 Å². The summed E-state index contributed by atoms with van der Waals surface area (Å²) in [6.07, 6.45) is 3.01. The largest absolute Gasteiger partial charge is 0.454 e. The van der Waals surface area contributed by atoms with Gasteiger partial charge in [-0.15, -0.1) is 0 Å². The topological polar surface area (TPSA) is 85.4 Å². The Morgan fingerprint density at radius 2 is 2.04 bits per heavy atom. The van der Waals surface area contributed by atoms with Crippen LogP contribution in [0.1, 0.15) is 29.9 Å². The summed E-state index contributed by atoms with van der Waals surface area (Å²) in [6, 6.07) is 5.82. The van der Waals surface area contributed by atoms with Crippen molar-refractivity contribution in [2.75, 3.05) is 12.1 Å². The van der Waals surface area contributed by atoms with E-state index in [1.54, 1.807) is 6.20 Å². The van der Waals surface area contributed by atoms with Gasteiger partial charge in [0.15, 0.2) is 11.5 Å². The first-order chi connectivity index (χ1) is 11.1. The third-order valence-corrected chi connectivity index (χ3v) is 3.21. The Labute approximate surface area is 134 Å². The summed E-state index contributed by atoms with van der Waals surface area (Å²) >= 11 is 0. The summed E-state index contributed by atoms with van der Waals surface area (Å²) in [5, 5.41) is 5.93. The standard InChI is InChI=1S/C16H18N4O3/c1-10(2)20-15-8-17-12(7-18-15)16(21)19-6-11-3-4-13-14(5-11)23-9-22-13/h3-5,7-8,10H,6,9H2,1-2H3,(H,18,20)(H,19,21). The molecule has 0 saturated heterocycles. The Bertz CT molecular complexity index is 701. The third kappa shape index (κ3) is 3.68. The van der Waals surface area contributed by atoms with Gasteiger partial charge in [-0.3, -0.25) is 4.79 Å². The number of benzene rings is 1. The second-order valence-electron chi connectivity index (χ2n) is 5.46. The van der Waals surface area contributed by atoms with Gasteiger partial charge in [0.05, 0.1) is 12.4 Å². The molecule has 0 saturated carbocycles. The van der Waals surface area contributed by atoms with E-state index in [1.165, 1.54) is 6.20 Å². The Morgan fingerprint density at radius 1 is 1.22 bits per heavy atom. The Morgan fingerprint density at radius 3 is 2.78 bits per heavy atom. The summed E-state index contributed by atoms with van der Waals surface area (Å²) < 4.78 is 10.6. The molecule has 1 aromatic carbocycles. The number of anilines is 1. The highest BCUT2D eigenvalue weighted by molar-refractivity contribution is 5.91. The van der Waals surface area contributed by atoms with Crippen LogP contribution in [0.3, 0.4) is 0 Å². The number of nitrogens with zero attached hydrogens (tertiary/aromatic N) is 2. The van der Waals surface area contributed by atoms with Crippen molar-refractivity contribution in [3.05, 3.63) is 41.9 Å². The van der Waals surface area contributed by atoms with Crippen molar-refractivity contribution in [3.63, 3.8) is 0 Å². The van der Waals surface area contributed by atoms with Crippen molar-refractivity contribution < 1.29 is 14.3 Å². The number of hydrogen-bond acceptors (Lipinski definition) is 6. The molecule has 0 bridgehead atoms. The van der Waals surface area contributed by atoms with Crippen LogP contribution in [0.5, 0.6) is 11.5 Å². The van der Waals surface area contributed by atoms with Crippen molar-refractivity contribution in [1.29, 1.82) is 0 Å². The molecule has 2 N–H and O–H groups in total. The number of aromatic nitrogens is 2. The fraction of sp³-hybridized carbons (Fsp3) is 0.312. The van der Waals surface area contributed by atoms with Crippen LogP contribution >= 0.6 is 0 Å². The van der Waals surface area contributed by atoms with E-state index < -0.39 is 0 Å². The van der Waals surface area contributed by atoms with Crippen LogP contribution in [-0.4, -0.2) is 28.7 Å². The number of hydrogen-bond donors (Lipinski definition) is 2. The fourth-order valence-corrected chi connectivity index (χ4v) is 2.14. The minimum Gasteiger partial charge on any atom is -0.454 e. The molecule has 7 heteroatoms. The van der Waals surface area contributed by atoms with Crippen molar-refractivity contribution >= 4 is 11.7 Å². The molecule has 0 atom stereocenters. The number of fused-ring (bicyclic) bond motifs is 1.